The van der Waals surface area contributed by atoms with Crippen molar-refractivity contribution in [3.8, 4) is 0 Å². The second-order valence-corrected chi connectivity index (χ2v) is 3.46. The highest BCUT2D eigenvalue weighted by Crippen LogP contribution is 2.15. The van der Waals surface area contributed by atoms with Crippen molar-refractivity contribution in [1.82, 2.24) is 10.8 Å². The van der Waals surface area contributed by atoms with Gasteiger partial charge in [-0.15, -0.1) is 0 Å². The number of nitrogens with two attached hydrogens (primary N) is 1. The molecule has 0 aromatic carbocycles. The van der Waals surface area contributed by atoms with Crippen LogP contribution in [0.2, 0.25) is 0 Å². The number of carbonyl (C=O) groups excluding carboxylic acids is 2. The molecule has 1 saturated heterocycles. The number of hydrogen-bond donors (Lipinski definition) is 3. The Morgan fingerprint density at radius 2 is 2.29 bits per heavy atom. The minimum absolute atomic E-state index is 0.0946. The van der Waals surface area contributed by atoms with Crippen LogP contribution in [0.15, 0.2) is 0 Å². The molecule has 0 saturated carbocycles. The van der Waals surface area contributed by atoms with Crippen LogP contribution < -0.4 is 16.5 Å². The van der Waals surface area contributed by atoms with Gasteiger partial charge in [-0.2, -0.15) is 0 Å². The van der Waals surface area contributed by atoms with E-state index in [4.69, 9.17) is 5.73 Å². The summed E-state index contributed by atoms with van der Waals surface area (Å²) in [6.07, 6.45) is 0. The van der Waals surface area contributed by atoms with Crippen molar-refractivity contribution in [2.75, 3.05) is 19.7 Å². The number of rotatable bonds is 4. The summed E-state index contributed by atoms with van der Waals surface area (Å²) in [5, 5.41) is 3.09. The largest absolute Gasteiger partial charge is 0.368 e. The first-order chi connectivity index (χ1) is 6.61. The monoisotopic (exact) mass is 201 g/mol. The number of hydrogen-bond acceptors (Lipinski definition) is 4. The fourth-order valence-corrected chi connectivity index (χ4v) is 1.42. The average Bonchev–Trinajstić information content (AvgIpc) is 2.50. The number of carbonyl (C=O) groups is 2. The summed E-state index contributed by atoms with van der Waals surface area (Å²) >= 11 is 0. The molecular weight excluding hydrogens is 186 g/mol. The average molecular weight is 201 g/mol. The van der Waals surface area contributed by atoms with E-state index >= 15 is 0 Å². The predicted octanol–water partition coefficient (Wildman–Crippen LogP) is -1.62. The molecule has 0 aromatic rings. The van der Waals surface area contributed by atoms with Gasteiger partial charge >= 0.3 is 0 Å². The van der Waals surface area contributed by atoms with E-state index < -0.39 is 5.91 Å². The molecule has 2 unspecified atom stereocenters. The molecule has 1 rings (SSSR count). The van der Waals surface area contributed by atoms with Crippen LogP contribution in [0.4, 0.5) is 0 Å². The molecular formula is C8H15N3O3. The van der Waals surface area contributed by atoms with E-state index in [0.29, 0.717) is 6.54 Å². The highest BCUT2D eigenvalue weighted by atomic mass is 16.7. The summed E-state index contributed by atoms with van der Waals surface area (Å²) in [6.45, 7) is 3.17. The van der Waals surface area contributed by atoms with E-state index in [-0.39, 0.29) is 24.3 Å². The first kappa shape index (κ1) is 10.9. The predicted molar refractivity (Wildman–Crippen MR) is 48.8 cm³/mol. The van der Waals surface area contributed by atoms with Gasteiger partial charge in [0.05, 0.1) is 5.92 Å². The molecule has 2 amide bonds. The van der Waals surface area contributed by atoms with Gasteiger partial charge in [-0.25, -0.2) is 5.48 Å². The van der Waals surface area contributed by atoms with Crippen molar-refractivity contribution in [3.63, 3.8) is 0 Å². The SMILES string of the molecule is CC1CNCC1C(=O)NOCC(N)=O. The van der Waals surface area contributed by atoms with Crippen molar-refractivity contribution in [1.29, 1.82) is 0 Å². The second kappa shape index (κ2) is 4.92. The maximum absolute atomic E-state index is 11.4. The van der Waals surface area contributed by atoms with E-state index in [0.717, 1.165) is 6.54 Å². The Kier molecular flexibility index (Phi) is 3.84. The van der Waals surface area contributed by atoms with Crippen LogP contribution in [-0.2, 0) is 14.4 Å². The molecule has 6 heteroatoms. The molecule has 0 spiro atoms. The second-order valence-electron chi connectivity index (χ2n) is 3.46. The van der Waals surface area contributed by atoms with Crippen molar-refractivity contribution in [3.05, 3.63) is 0 Å². The fourth-order valence-electron chi connectivity index (χ4n) is 1.42. The first-order valence-corrected chi connectivity index (χ1v) is 4.52. The molecule has 1 aliphatic heterocycles. The summed E-state index contributed by atoms with van der Waals surface area (Å²) in [5.74, 6) is -0.623. The van der Waals surface area contributed by atoms with Crippen molar-refractivity contribution in [2.24, 2.45) is 17.6 Å². The third kappa shape index (κ3) is 2.97. The number of hydroxylamine groups is 1. The molecule has 0 aromatic heterocycles. The van der Waals surface area contributed by atoms with E-state index in [1.165, 1.54) is 0 Å². The maximum Gasteiger partial charge on any atom is 0.248 e. The Morgan fingerprint density at radius 1 is 1.57 bits per heavy atom. The molecule has 80 valence electrons. The Morgan fingerprint density at radius 3 is 2.79 bits per heavy atom. The molecule has 1 aliphatic rings. The molecule has 0 radical (unpaired) electrons. The van der Waals surface area contributed by atoms with Crippen LogP contribution in [0.5, 0.6) is 0 Å². The molecule has 0 aliphatic carbocycles. The minimum Gasteiger partial charge on any atom is -0.368 e. The summed E-state index contributed by atoms with van der Waals surface area (Å²) in [7, 11) is 0. The molecule has 14 heavy (non-hydrogen) atoms. The Balaban J connectivity index is 2.24. The smallest absolute Gasteiger partial charge is 0.248 e. The lowest BCUT2D eigenvalue weighted by Gasteiger charge is -2.13. The number of amides is 2. The van der Waals surface area contributed by atoms with Crippen molar-refractivity contribution in [2.45, 2.75) is 6.92 Å². The van der Waals surface area contributed by atoms with Crippen LogP contribution in [0.25, 0.3) is 0 Å². The zero-order chi connectivity index (χ0) is 10.6. The van der Waals surface area contributed by atoms with Gasteiger partial charge in [-0.1, -0.05) is 6.92 Å². The van der Waals surface area contributed by atoms with Gasteiger partial charge < -0.3 is 11.1 Å². The van der Waals surface area contributed by atoms with Crippen LogP contribution in [0.3, 0.4) is 0 Å². The van der Waals surface area contributed by atoms with Gasteiger partial charge in [0, 0.05) is 6.54 Å². The van der Waals surface area contributed by atoms with E-state index in [1.807, 2.05) is 6.92 Å². The highest BCUT2D eigenvalue weighted by Gasteiger charge is 2.29. The molecule has 6 nitrogen and oxygen atoms in total. The summed E-state index contributed by atoms with van der Waals surface area (Å²) < 4.78 is 0. The van der Waals surface area contributed by atoms with Gasteiger partial charge in [-0.3, -0.25) is 14.4 Å². The van der Waals surface area contributed by atoms with Crippen molar-refractivity contribution >= 4 is 11.8 Å². The third-order valence-corrected chi connectivity index (χ3v) is 2.24. The molecule has 0 bridgehead atoms. The van der Waals surface area contributed by atoms with Crippen LogP contribution in [0.1, 0.15) is 6.92 Å². The normalized spacial score (nSPS) is 26.1. The van der Waals surface area contributed by atoms with E-state index in [2.05, 4.69) is 15.6 Å². The van der Waals surface area contributed by atoms with Gasteiger partial charge in [0.25, 0.3) is 0 Å². The lowest BCUT2D eigenvalue weighted by molar-refractivity contribution is -0.141. The van der Waals surface area contributed by atoms with Crippen LogP contribution >= 0.6 is 0 Å². The summed E-state index contributed by atoms with van der Waals surface area (Å²) in [6, 6.07) is 0. The minimum atomic E-state index is -0.608. The zero-order valence-electron chi connectivity index (χ0n) is 8.08. The maximum atomic E-state index is 11.4. The lowest BCUT2D eigenvalue weighted by atomic mass is 9.98. The number of primary amides is 1. The quantitative estimate of drug-likeness (QED) is 0.476. The Hall–Kier alpha value is -1.14. The first-order valence-electron chi connectivity index (χ1n) is 4.52. The van der Waals surface area contributed by atoms with Gasteiger partial charge in [0.2, 0.25) is 11.8 Å². The van der Waals surface area contributed by atoms with Gasteiger partial charge in [0.15, 0.2) is 6.61 Å². The van der Waals surface area contributed by atoms with E-state index in [1.54, 1.807) is 0 Å². The topological polar surface area (TPSA) is 93.4 Å². The zero-order valence-corrected chi connectivity index (χ0v) is 8.08. The fraction of sp³-hybridized carbons (Fsp3) is 0.750. The van der Waals surface area contributed by atoms with Crippen molar-refractivity contribution < 1.29 is 14.4 Å². The molecule has 4 N–H and O–H groups in total. The summed E-state index contributed by atoms with van der Waals surface area (Å²) in [4.78, 5) is 26.3. The van der Waals surface area contributed by atoms with E-state index in [9.17, 15) is 9.59 Å². The molecule has 1 fully saturated rings. The van der Waals surface area contributed by atoms with Gasteiger partial charge in [-0.05, 0) is 12.5 Å². The Labute approximate surface area is 82.1 Å². The van der Waals surface area contributed by atoms with Gasteiger partial charge in [0.1, 0.15) is 0 Å². The molecule has 2 atom stereocenters. The summed E-state index contributed by atoms with van der Waals surface area (Å²) in [5.41, 5.74) is 7.04. The number of nitrogens with one attached hydrogen (secondary N) is 2. The van der Waals surface area contributed by atoms with Crippen LogP contribution in [-0.4, -0.2) is 31.5 Å². The highest BCUT2D eigenvalue weighted by molar-refractivity contribution is 5.79. The standard InChI is InChI=1S/C8H15N3O3/c1-5-2-10-3-6(5)8(13)11-14-4-7(9)12/h5-6,10H,2-4H2,1H3,(H2,9,12)(H,11,13). The molecule has 1 heterocycles. The third-order valence-electron chi connectivity index (χ3n) is 2.24. The van der Waals surface area contributed by atoms with Crippen LogP contribution in [0, 0.1) is 11.8 Å². The Bertz CT molecular complexity index is 232. The lowest BCUT2D eigenvalue weighted by Crippen LogP contribution is -2.36.